The zero-order valence-corrected chi connectivity index (χ0v) is 13.4. The molecule has 0 spiro atoms. The minimum atomic E-state index is -0.497. The summed E-state index contributed by atoms with van der Waals surface area (Å²) in [6, 6.07) is 14.9. The smallest absolute Gasteiger partial charge is 0.340 e. The van der Waals surface area contributed by atoms with Gasteiger partial charge in [-0.15, -0.1) is 11.3 Å². The molecule has 0 fully saturated rings. The van der Waals surface area contributed by atoms with Crippen molar-refractivity contribution in [3.63, 3.8) is 0 Å². The maximum absolute atomic E-state index is 11.8. The molecular formula is C17H11ClN2O2S. The van der Waals surface area contributed by atoms with Gasteiger partial charge in [-0.25, -0.2) is 9.78 Å². The van der Waals surface area contributed by atoms with Gasteiger partial charge >= 0.3 is 5.97 Å². The minimum Gasteiger partial charge on any atom is -0.434 e. The predicted octanol–water partition coefficient (Wildman–Crippen LogP) is 4.74. The molecule has 6 heteroatoms. The molecule has 0 bridgehead atoms. The highest BCUT2D eigenvalue weighted by molar-refractivity contribution is 7.14. The van der Waals surface area contributed by atoms with Crippen LogP contribution in [0.1, 0.15) is 22.1 Å². The Morgan fingerprint density at radius 2 is 1.91 bits per heavy atom. The Labute approximate surface area is 141 Å². The average Bonchev–Trinajstić information content (AvgIpc) is 3.15. The Kier molecular flexibility index (Phi) is 3.52. The fraction of sp³-hybridized carbons (Fsp3) is 0.0588. The molecule has 1 aliphatic heterocycles. The van der Waals surface area contributed by atoms with E-state index in [4.69, 9.17) is 16.3 Å². The number of hydrogen-bond acceptors (Lipinski definition) is 5. The third-order valence-corrected chi connectivity index (χ3v) is 4.61. The molecule has 23 heavy (non-hydrogen) atoms. The number of ether oxygens (including phenoxy) is 1. The van der Waals surface area contributed by atoms with Crippen LogP contribution in [0.15, 0.2) is 53.9 Å². The van der Waals surface area contributed by atoms with Crippen molar-refractivity contribution in [3.05, 3.63) is 70.1 Å². The van der Waals surface area contributed by atoms with Crippen molar-refractivity contribution in [2.75, 3.05) is 5.32 Å². The molecule has 3 aromatic rings. The van der Waals surface area contributed by atoms with Crippen LogP contribution >= 0.6 is 22.9 Å². The van der Waals surface area contributed by atoms with Gasteiger partial charge in [0.05, 0.1) is 11.3 Å². The maximum atomic E-state index is 11.8. The number of cyclic esters (lactones) is 1. The van der Waals surface area contributed by atoms with Gasteiger partial charge in [0, 0.05) is 21.5 Å². The molecule has 1 unspecified atom stereocenters. The second kappa shape index (κ2) is 5.68. The lowest BCUT2D eigenvalue weighted by Gasteiger charge is -2.11. The van der Waals surface area contributed by atoms with E-state index < -0.39 is 6.23 Å². The number of rotatable bonds is 3. The summed E-state index contributed by atoms with van der Waals surface area (Å²) in [7, 11) is 0. The van der Waals surface area contributed by atoms with Crippen molar-refractivity contribution >= 4 is 34.0 Å². The molecule has 0 saturated heterocycles. The lowest BCUT2D eigenvalue weighted by Crippen LogP contribution is -2.09. The maximum Gasteiger partial charge on any atom is 0.340 e. The van der Waals surface area contributed by atoms with E-state index in [1.807, 2.05) is 47.8 Å². The van der Waals surface area contributed by atoms with E-state index in [0.29, 0.717) is 15.7 Å². The highest BCUT2D eigenvalue weighted by atomic mass is 35.5. The molecule has 4 nitrogen and oxygen atoms in total. The summed E-state index contributed by atoms with van der Waals surface area (Å²) >= 11 is 7.37. The number of halogens is 1. The second-order valence-electron chi connectivity index (χ2n) is 5.06. The van der Waals surface area contributed by atoms with Gasteiger partial charge in [-0.05, 0) is 18.2 Å². The summed E-state index contributed by atoms with van der Waals surface area (Å²) < 4.78 is 5.37. The van der Waals surface area contributed by atoms with Crippen LogP contribution < -0.4 is 5.32 Å². The molecule has 0 saturated carbocycles. The van der Waals surface area contributed by atoms with Crippen LogP contribution in [0.25, 0.3) is 11.3 Å². The zero-order valence-electron chi connectivity index (χ0n) is 11.8. The van der Waals surface area contributed by atoms with Crippen LogP contribution in [-0.2, 0) is 4.74 Å². The molecule has 2 aromatic carbocycles. The topological polar surface area (TPSA) is 51.2 Å². The van der Waals surface area contributed by atoms with Gasteiger partial charge < -0.3 is 10.1 Å². The number of hydrogen-bond donors (Lipinski definition) is 1. The summed E-state index contributed by atoms with van der Waals surface area (Å²) in [4.78, 5) is 16.4. The van der Waals surface area contributed by atoms with Crippen LogP contribution in [0.5, 0.6) is 0 Å². The molecule has 114 valence electrons. The first kappa shape index (κ1) is 14.2. The number of benzene rings is 2. The van der Waals surface area contributed by atoms with Crippen LogP contribution in [0.2, 0.25) is 5.02 Å². The Balaban J connectivity index is 1.57. The van der Waals surface area contributed by atoms with E-state index in [1.54, 1.807) is 6.07 Å². The fourth-order valence-electron chi connectivity index (χ4n) is 2.46. The number of aromatic nitrogens is 1. The Bertz CT molecular complexity index is 876. The van der Waals surface area contributed by atoms with Crippen molar-refractivity contribution in [1.29, 1.82) is 0 Å². The van der Waals surface area contributed by atoms with Crippen molar-refractivity contribution < 1.29 is 9.53 Å². The van der Waals surface area contributed by atoms with Gasteiger partial charge in [0.2, 0.25) is 6.23 Å². The number of carbonyl (C=O) groups excluding carboxylic acids is 1. The van der Waals surface area contributed by atoms with Gasteiger partial charge in [-0.2, -0.15) is 0 Å². The van der Waals surface area contributed by atoms with Crippen LogP contribution in [0.4, 0.5) is 5.13 Å². The molecule has 0 amide bonds. The van der Waals surface area contributed by atoms with Gasteiger partial charge in [0.1, 0.15) is 0 Å². The fourth-order valence-corrected chi connectivity index (χ4v) is 3.32. The Morgan fingerprint density at radius 1 is 1.13 bits per heavy atom. The minimum absolute atomic E-state index is 0.312. The number of thiazole rings is 1. The molecule has 0 radical (unpaired) electrons. The summed E-state index contributed by atoms with van der Waals surface area (Å²) in [6.07, 6.45) is -0.497. The van der Waals surface area contributed by atoms with Crippen molar-refractivity contribution in [2.24, 2.45) is 0 Å². The third-order valence-electron chi connectivity index (χ3n) is 3.59. The van der Waals surface area contributed by atoms with E-state index in [0.717, 1.165) is 16.8 Å². The van der Waals surface area contributed by atoms with E-state index in [-0.39, 0.29) is 5.97 Å². The van der Waals surface area contributed by atoms with E-state index >= 15 is 0 Å². The van der Waals surface area contributed by atoms with Crippen LogP contribution in [0, 0.1) is 0 Å². The first-order valence-electron chi connectivity index (χ1n) is 6.98. The first-order chi connectivity index (χ1) is 11.2. The number of esters is 1. The summed E-state index contributed by atoms with van der Waals surface area (Å²) in [5.41, 5.74) is 3.27. The number of nitrogens with zero attached hydrogens (tertiary/aromatic N) is 1. The highest BCUT2D eigenvalue weighted by Crippen LogP contribution is 2.33. The Morgan fingerprint density at radius 3 is 2.74 bits per heavy atom. The second-order valence-corrected chi connectivity index (χ2v) is 6.36. The number of anilines is 1. The van der Waals surface area contributed by atoms with Crippen molar-refractivity contribution in [3.8, 4) is 11.3 Å². The van der Waals surface area contributed by atoms with Gasteiger partial charge in [-0.3, -0.25) is 0 Å². The SMILES string of the molecule is O=C1OC(Nc2nc(-c3ccc(Cl)cc3)cs2)c2ccccc21. The quantitative estimate of drug-likeness (QED) is 0.698. The molecule has 4 rings (SSSR count). The van der Waals surface area contributed by atoms with Crippen LogP contribution in [0.3, 0.4) is 0 Å². The summed E-state index contributed by atoms with van der Waals surface area (Å²) in [5.74, 6) is -0.312. The van der Waals surface area contributed by atoms with E-state index in [1.165, 1.54) is 11.3 Å². The van der Waals surface area contributed by atoms with Gasteiger partial charge in [0.15, 0.2) is 5.13 Å². The average molecular weight is 343 g/mol. The summed E-state index contributed by atoms with van der Waals surface area (Å²) in [5, 5.41) is 6.51. The monoisotopic (exact) mass is 342 g/mol. The van der Waals surface area contributed by atoms with E-state index in [9.17, 15) is 4.79 Å². The number of carbonyl (C=O) groups is 1. The largest absolute Gasteiger partial charge is 0.434 e. The Hall–Kier alpha value is -2.37. The lowest BCUT2D eigenvalue weighted by atomic mass is 10.1. The van der Waals surface area contributed by atoms with Gasteiger partial charge in [-0.1, -0.05) is 41.9 Å². The van der Waals surface area contributed by atoms with Crippen molar-refractivity contribution in [2.45, 2.75) is 6.23 Å². The number of fused-ring (bicyclic) bond motifs is 1. The number of nitrogens with one attached hydrogen (secondary N) is 1. The molecular weight excluding hydrogens is 332 g/mol. The molecule has 2 heterocycles. The standard InChI is InChI=1S/C17H11ClN2O2S/c18-11-7-5-10(6-8-11)14-9-23-17(19-14)20-15-12-3-1-2-4-13(12)16(21)22-15/h1-9,15H,(H,19,20). The van der Waals surface area contributed by atoms with E-state index in [2.05, 4.69) is 10.3 Å². The van der Waals surface area contributed by atoms with Crippen LogP contribution in [-0.4, -0.2) is 11.0 Å². The normalized spacial score (nSPS) is 16.0. The molecule has 1 aromatic heterocycles. The lowest BCUT2D eigenvalue weighted by molar-refractivity contribution is 0.0437. The molecule has 1 atom stereocenters. The highest BCUT2D eigenvalue weighted by Gasteiger charge is 2.30. The summed E-state index contributed by atoms with van der Waals surface area (Å²) in [6.45, 7) is 0. The third kappa shape index (κ3) is 2.69. The molecule has 1 aliphatic rings. The predicted molar refractivity (Wildman–Crippen MR) is 90.8 cm³/mol. The zero-order chi connectivity index (χ0) is 15.8. The molecule has 1 N–H and O–H groups in total. The molecule has 0 aliphatic carbocycles. The van der Waals surface area contributed by atoms with Crippen molar-refractivity contribution in [1.82, 2.24) is 4.98 Å². The first-order valence-corrected chi connectivity index (χ1v) is 8.24. The van der Waals surface area contributed by atoms with Gasteiger partial charge in [0.25, 0.3) is 0 Å².